The lowest BCUT2D eigenvalue weighted by Gasteiger charge is -2.34. The number of anilines is 1. The Balaban J connectivity index is 1.99. The lowest BCUT2D eigenvalue weighted by Crippen LogP contribution is -2.36. The molecule has 1 fully saturated rings. The quantitative estimate of drug-likeness (QED) is 0.795. The van der Waals surface area contributed by atoms with Crippen LogP contribution in [0.15, 0.2) is 12.4 Å². The standard InChI is InChI=1S/C14H22BrN3O/c1-10(2)19-14-8-13(16-9-17-14)18-6-4-12(5-7-18)11(3)15/h8-12H,4-7H2,1-3H3. The number of ether oxygens (including phenoxy) is 1. The van der Waals surface area contributed by atoms with E-state index in [2.05, 4.69) is 37.7 Å². The van der Waals surface area contributed by atoms with Gasteiger partial charge in [-0.25, -0.2) is 9.97 Å². The van der Waals surface area contributed by atoms with Gasteiger partial charge in [-0.05, 0) is 32.6 Å². The van der Waals surface area contributed by atoms with Gasteiger partial charge in [0.25, 0.3) is 0 Å². The molecule has 0 bridgehead atoms. The molecule has 0 aromatic carbocycles. The minimum absolute atomic E-state index is 0.141. The molecule has 19 heavy (non-hydrogen) atoms. The molecule has 0 radical (unpaired) electrons. The number of aromatic nitrogens is 2. The van der Waals surface area contributed by atoms with Gasteiger partial charge >= 0.3 is 0 Å². The second-order valence-electron chi connectivity index (χ2n) is 5.38. The predicted molar refractivity (Wildman–Crippen MR) is 81.1 cm³/mol. The Labute approximate surface area is 123 Å². The molecular formula is C14H22BrN3O. The smallest absolute Gasteiger partial charge is 0.218 e. The van der Waals surface area contributed by atoms with Crippen LogP contribution >= 0.6 is 15.9 Å². The fraction of sp³-hybridized carbons (Fsp3) is 0.714. The number of halogens is 1. The van der Waals surface area contributed by atoms with Crippen molar-refractivity contribution >= 4 is 21.7 Å². The largest absolute Gasteiger partial charge is 0.475 e. The van der Waals surface area contributed by atoms with Crippen molar-refractivity contribution in [3.8, 4) is 5.88 Å². The van der Waals surface area contributed by atoms with Crippen LogP contribution in [0.1, 0.15) is 33.6 Å². The molecule has 5 heteroatoms. The molecule has 1 aromatic rings. The number of alkyl halides is 1. The zero-order valence-corrected chi connectivity index (χ0v) is 13.4. The minimum Gasteiger partial charge on any atom is -0.475 e. The van der Waals surface area contributed by atoms with Gasteiger partial charge in [0.1, 0.15) is 12.1 Å². The fourth-order valence-corrected chi connectivity index (χ4v) is 2.93. The molecule has 106 valence electrons. The van der Waals surface area contributed by atoms with E-state index in [1.54, 1.807) is 6.33 Å². The van der Waals surface area contributed by atoms with Gasteiger partial charge in [-0.3, -0.25) is 0 Å². The van der Waals surface area contributed by atoms with Crippen molar-refractivity contribution in [3.05, 3.63) is 12.4 Å². The Morgan fingerprint density at radius 1 is 1.26 bits per heavy atom. The van der Waals surface area contributed by atoms with Crippen LogP contribution in [-0.4, -0.2) is 34.0 Å². The SMILES string of the molecule is CC(C)Oc1cc(N2CCC(C(C)Br)CC2)ncn1. The van der Waals surface area contributed by atoms with Gasteiger partial charge in [-0.2, -0.15) is 0 Å². The van der Waals surface area contributed by atoms with E-state index < -0.39 is 0 Å². The highest BCUT2D eigenvalue weighted by Gasteiger charge is 2.23. The topological polar surface area (TPSA) is 38.2 Å². The van der Waals surface area contributed by atoms with Gasteiger partial charge in [-0.15, -0.1) is 0 Å². The summed E-state index contributed by atoms with van der Waals surface area (Å²) in [6, 6.07) is 1.94. The maximum atomic E-state index is 5.62. The average Bonchev–Trinajstić information content (AvgIpc) is 2.38. The van der Waals surface area contributed by atoms with Gasteiger partial charge in [0.2, 0.25) is 5.88 Å². The van der Waals surface area contributed by atoms with E-state index >= 15 is 0 Å². The first-order chi connectivity index (χ1) is 9.06. The summed E-state index contributed by atoms with van der Waals surface area (Å²) >= 11 is 3.69. The monoisotopic (exact) mass is 327 g/mol. The van der Waals surface area contributed by atoms with Crippen molar-refractivity contribution in [1.82, 2.24) is 9.97 Å². The van der Waals surface area contributed by atoms with Crippen molar-refractivity contribution in [3.63, 3.8) is 0 Å². The van der Waals surface area contributed by atoms with Crippen LogP contribution in [0.5, 0.6) is 5.88 Å². The van der Waals surface area contributed by atoms with Crippen LogP contribution in [0, 0.1) is 5.92 Å². The highest BCUT2D eigenvalue weighted by atomic mass is 79.9. The third-order valence-electron chi connectivity index (χ3n) is 3.50. The van der Waals surface area contributed by atoms with E-state index in [1.165, 1.54) is 12.8 Å². The van der Waals surface area contributed by atoms with Crippen molar-refractivity contribution in [2.45, 2.75) is 44.5 Å². The summed E-state index contributed by atoms with van der Waals surface area (Å²) in [6.07, 6.45) is 4.14. The minimum atomic E-state index is 0.141. The van der Waals surface area contributed by atoms with Crippen LogP contribution in [0.25, 0.3) is 0 Å². The maximum Gasteiger partial charge on any atom is 0.218 e. The molecular weight excluding hydrogens is 306 g/mol. The molecule has 0 aliphatic carbocycles. The highest BCUT2D eigenvalue weighted by Crippen LogP contribution is 2.28. The molecule has 1 aliphatic heterocycles. The molecule has 2 rings (SSSR count). The number of hydrogen-bond acceptors (Lipinski definition) is 4. The van der Waals surface area contributed by atoms with Gasteiger partial charge in [-0.1, -0.05) is 22.9 Å². The Morgan fingerprint density at radius 2 is 1.95 bits per heavy atom. The van der Waals surface area contributed by atoms with Crippen molar-refractivity contribution in [1.29, 1.82) is 0 Å². The Hall–Kier alpha value is -0.840. The number of nitrogens with zero attached hydrogens (tertiary/aromatic N) is 3. The Kier molecular flexibility index (Phi) is 5.02. The highest BCUT2D eigenvalue weighted by molar-refractivity contribution is 9.09. The lowest BCUT2D eigenvalue weighted by atomic mass is 9.94. The van der Waals surface area contributed by atoms with E-state index in [0.717, 1.165) is 24.8 Å². The van der Waals surface area contributed by atoms with Crippen LogP contribution in [0.2, 0.25) is 0 Å². The molecule has 1 atom stereocenters. The molecule has 1 saturated heterocycles. The zero-order valence-electron chi connectivity index (χ0n) is 11.8. The molecule has 2 heterocycles. The van der Waals surface area contributed by atoms with E-state index in [4.69, 9.17) is 4.74 Å². The number of hydrogen-bond donors (Lipinski definition) is 0. The maximum absolute atomic E-state index is 5.62. The molecule has 0 saturated carbocycles. The molecule has 1 unspecified atom stereocenters. The van der Waals surface area contributed by atoms with E-state index in [0.29, 0.717) is 10.7 Å². The summed E-state index contributed by atoms with van der Waals surface area (Å²) in [4.78, 5) is 11.4. The summed E-state index contributed by atoms with van der Waals surface area (Å²) in [7, 11) is 0. The first kappa shape index (κ1) is 14.6. The number of piperidine rings is 1. The van der Waals surface area contributed by atoms with Crippen molar-refractivity contribution in [2.24, 2.45) is 5.92 Å². The second kappa shape index (κ2) is 6.55. The normalized spacial score (nSPS) is 18.7. The molecule has 1 aromatic heterocycles. The van der Waals surface area contributed by atoms with Crippen LogP contribution in [-0.2, 0) is 0 Å². The van der Waals surface area contributed by atoms with Gasteiger partial charge in [0.15, 0.2) is 0 Å². The zero-order chi connectivity index (χ0) is 13.8. The van der Waals surface area contributed by atoms with E-state index in [-0.39, 0.29) is 6.10 Å². The van der Waals surface area contributed by atoms with Crippen LogP contribution < -0.4 is 9.64 Å². The second-order valence-corrected chi connectivity index (χ2v) is 6.83. The first-order valence-corrected chi connectivity index (χ1v) is 7.85. The van der Waals surface area contributed by atoms with E-state index in [1.807, 2.05) is 19.9 Å². The fourth-order valence-electron chi connectivity index (χ4n) is 2.40. The van der Waals surface area contributed by atoms with Gasteiger partial charge in [0.05, 0.1) is 6.10 Å². The first-order valence-electron chi connectivity index (χ1n) is 6.94. The average molecular weight is 328 g/mol. The van der Waals surface area contributed by atoms with E-state index in [9.17, 15) is 0 Å². The molecule has 4 nitrogen and oxygen atoms in total. The molecule has 0 spiro atoms. The number of rotatable bonds is 4. The van der Waals surface area contributed by atoms with Gasteiger partial charge < -0.3 is 9.64 Å². The Morgan fingerprint density at radius 3 is 2.53 bits per heavy atom. The van der Waals surface area contributed by atoms with Crippen molar-refractivity contribution in [2.75, 3.05) is 18.0 Å². The lowest BCUT2D eigenvalue weighted by molar-refractivity contribution is 0.232. The predicted octanol–water partition coefficient (Wildman–Crippen LogP) is 3.26. The summed E-state index contributed by atoms with van der Waals surface area (Å²) < 4.78 is 5.62. The van der Waals surface area contributed by atoms with Crippen LogP contribution in [0.3, 0.4) is 0 Å². The van der Waals surface area contributed by atoms with Gasteiger partial charge in [0, 0.05) is 24.0 Å². The third-order valence-corrected chi connectivity index (χ3v) is 4.24. The summed E-state index contributed by atoms with van der Waals surface area (Å²) in [5, 5.41) is 0. The molecule has 0 amide bonds. The summed E-state index contributed by atoms with van der Waals surface area (Å²) in [6.45, 7) is 8.35. The molecule has 1 aliphatic rings. The van der Waals surface area contributed by atoms with Crippen LogP contribution in [0.4, 0.5) is 5.82 Å². The Bertz CT molecular complexity index is 403. The third kappa shape index (κ3) is 4.06. The summed E-state index contributed by atoms with van der Waals surface area (Å²) in [5.41, 5.74) is 0. The molecule has 0 N–H and O–H groups in total. The summed E-state index contributed by atoms with van der Waals surface area (Å²) in [5.74, 6) is 2.41. The van der Waals surface area contributed by atoms with Crippen molar-refractivity contribution < 1.29 is 4.74 Å².